The number of benzene rings is 1. The van der Waals surface area contributed by atoms with Crippen molar-refractivity contribution in [2.75, 3.05) is 12.4 Å². The van der Waals surface area contributed by atoms with Crippen LogP contribution in [0.5, 0.6) is 0 Å². The molecule has 7 heteroatoms. The highest BCUT2D eigenvalue weighted by Crippen LogP contribution is 2.26. The zero-order valence-corrected chi connectivity index (χ0v) is 11.1. The maximum Gasteiger partial charge on any atom is 0.415 e. The fraction of sp³-hybridized carbons (Fsp3) is 0.143. The van der Waals surface area contributed by atoms with E-state index < -0.39 is 17.7 Å². The molecule has 0 aromatic heterocycles. The maximum absolute atomic E-state index is 12.5. The number of carbonyl (C=O) groups is 1. The third-order valence-corrected chi connectivity index (χ3v) is 2.43. The predicted molar refractivity (Wildman–Crippen MR) is 72.1 cm³/mol. The van der Waals surface area contributed by atoms with Crippen molar-refractivity contribution in [2.45, 2.75) is 6.18 Å². The second-order valence-corrected chi connectivity index (χ2v) is 3.98. The van der Waals surface area contributed by atoms with Gasteiger partial charge in [-0.15, -0.1) is 0 Å². The first-order valence-corrected chi connectivity index (χ1v) is 5.75. The molecule has 0 spiro atoms. The summed E-state index contributed by atoms with van der Waals surface area (Å²) < 4.78 is 37.5. The molecular formula is C14H12F3N3O. The Morgan fingerprint density at radius 1 is 1.43 bits per heavy atom. The number of halogens is 3. The number of nitriles is 1. The number of likely N-dealkylation sites (N-methyl/N-ethyl adjacent to an activating group) is 1. The molecule has 1 aromatic rings. The van der Waals surface area contributed by atoms with Gasteiger partial charge in [-0.25, -0.2) is 0 Å². The summed E-state index contributed by atoms with van der Waals surface area (Å²) in [5.74, 6) is -0.734. The maximum atomic E-state index is 12.5. The summed E-state index contributed by atoms with van der Waals surface area (Å²) in [7, 11) is 1.29. The molecule has 0 saturated carbocycles. The minimum atomic E-state index is -4.63. The van der Waals surface area contributed by atoms with Crippen molar-refractivity contribution in [3.05, 3.63) is 53.8 Å². The van der Waals surface area contributed by atoms with Gasteiger partial charge in [-0.3, -0.25) is 4.79 Å². The topological polar surface area (TPSA) is 64.9 Å². The average molecular weight is 295 g/mol. The van der Waals surface area contributed by atoms with Crippen LogP contribution in [0.3, 0.4) is 0 Å². The van der Waals surface area contributed by atoms with Gasteiger partial charge in [0.25, 0.3) is 5.91 Å². The lowest BCUT2D eigenvalue weighted by Gasteiger charge is -2.12. The van der Waals surface area contributed by atoms with Gasteiger partial charge in [0.2, 0.25) is 0 Å². The molecule has 0 aliphatic heterocycles. The lowest BCUT2D eigenvalue weighted by atomic mass is 10.2. The molecule has 0 atom stereocenters. The van der Waals surface area contributed by atoms with E-state index in [0.29, 0.717) is 17.3 Å². The fourth-order valence-corrected chi connectivity index (χ4v) is 1.37. The van der Waals surface area contributed by atoms with Crippen LogP contribution < -0.4 is 10.6 Å². The molecule has 0 heterocycles. The van der Waals surface area contributed by atoms with Crippen LogP contribution in [0.2, 0.25) is 0 Å². The number of carbonyl (C=O) groups excluding carboxylic acids is 1. The number of nitrogens with zero attached hydrogens (tertiary/aromatic N) is 1. The highest BCUT2D eigenvalue weighted by molar-refractivity contribution is 5.96. The van der Waals surface area contributed by atoms with Gasteiger partial charge in [-0.05, 0) is 24.3 Å². The third kappa shape index (κ3) is 4.69. The third-order valence-electron chi connectivity index (χ3n) is 2.43. The smallest absolute Gasteiger partial charge is 0.354 e. The van der Waals surface area contributed by atoms with Crippen LogP contribution in [0.15, 0.2) is 48.2 Å². The molecule has 110 valence electrons. The van der Waals surface area contributed by atoms with Crippen LogP contribution in [-0.2, 0) is 4.79 Å². The molecule has 0 bridgehead atoms. The van der Waals surface area contributed by atoms with E-state index in [4.69, 9.17) is 5.26 Å². The van der Waals surface area contributed by atoms with Crippen molar-refractivity contribution in [3.63, 3.8) is 0 Å². The second-order valence-electron chi connectivity index (χ2n) is 3.98. The Balaban J connectivity index is 3.10. The molecule has 0 unspecified atom stereocenters. The summed E-state index contributed by atoms with van der Waals surface area (Å²) in [5, 5.41) is 13.5. The number of rotatable bonds is 4. The van der Waals surface area contributed by atoms with Crippen molar-refractivity contribution >= 4 is 11.6 Å². The summed E-state index contributed by atoms with van der Waals surface area (Å²) in [6, 6.07) is 7.90. The number of hydrogen-bond acceptors (Lipinski definition) is 3. The first kappa shape index (κ1) is 16.3. The first-order chi connectivity index (χ1) is 9.77. The number of nitrogens with one attached hydrogen (secondary N) is 2. The molecule has 1 rings (SSSR count). The van der Waals surface area contributed by atoms with Gasteiger partial charge in [0.15, 0.2) is 0 Å². The molecule has 1 amide bonds. The summed E-state index contributed by atoms with van der Waals surface area (Å²) in [6.45, 7) is 2.88. The van der Waals surface area contributed by atoms with Crippen molar-refractivity contribution in [1.82, 2.24) is 5.32 Å². The Labute approximate surface area is 119 Å². The lowest BCUT2D eigenvalue weighted by Crippen LogP contribution is -2.25. The molecule has 0 aliphatic rings. The lowest BCUT2D eigenvalue weighted by molar-refractivity contribution is -0.116. The molecule has 2 N–H and O–H groups in total. The van der Waals surface area contributed by atoms with Crippen LogP contribution in [0.4, 0.5) is 18.9 Å². The van der Waals surface area contributed by atoms with Crippen molar-refractivity contribution in [1.29, 1.82) is 5.26 Å². The van der Waals surface area contributed by atoms with Gasteiger partial charge in [-0.1, -0.05) is 12.6 Å². The summed E-state index contributed by atoms with van der Waals surface area (Å²) in [5.41, 5.74) is -0.857. The molecule has 4 nitrogen and oxygen atoms in total. The van der Waals surface area contributed by atoms with E-state index in [9.17, 15) is 18.0 Å². The summed E-state index contributed by atoms with van der Waals surface area (Å²) >= 11 is 0. The van der Waals surface area contributed by atoms with E-state index in [-0.39, 0.29) is 5.70 Å². The highest BCUT2D eigenvalue weighted by atomic mass is 19.4. The Morgan fingerprint density at radius 2 is 2.10 bits per heavy atom. The van der Waals surface area contributed by atoms with Crippen LogP contribution in [0.25, 0.3) is 0 Å². The number of hydrogen-bond donors (Lipinski definition) is 2. The van der Waals surface area contributed by atoms with Gasteiger partial charge in [-0.2, -0.15) is 18.4 Å². The molecular weight excluding hydrogens is 283 g/mol. The minimum absolute atomic E-state index is 0.311. The minimum Gasteiger partial charge on any atom is -0.354 e. The van der Waals surface area contributed by atoms with E-state index >= 15 is 0 Å². The normalized spacial score (nSPS) is 11.5. The Hall–Kier alpha value is -2.75. The largest absolute Gasteiger partial charge is 0.415 e. The Kier molecular flexibility index (Phi) is 5.13. The van der Waals surface area contributed by atoms with E-state index in [1.54, 1.807) is 6.07 Å². The van der Waals surface area contributed by atoms with Crippen molar-refractivity contribution in [2.24, 2.45) is 0 Å². The molecule has 0 aliphatic carbocycles. The Morgan fingerprint density at radius 3 is 2.62 bits per heavy atom. The molecule has 21 heavy (non-hydrogen) atoms. The Bertz CT molecular complexity index is 627. The van der Waals surface area contributed by atoms with Gasteiger partial charge in [0, 0.05) is 12.7 Å². The number of allylic oxidation sites excluding steroid dienone is 2. The predicted octanol–water partition coefficient (Wildman–Crippen LogP) is 2.72. The van der Waals surface area contributed by atoms with Gasteiger partial charge >= 0.3 is 6.18 Å². The van der Waals surface area contributed by atoms with Crippen LogP contribution in [0, 0.1) is 11.3 Å². The number of amides is 1. The monoisotopic (exact) mass is 295 g/mol. The molecule has 1 aromatic carbocycles. The van der Waals surface area contributed by atoms with Gasteiger partial charge in [0.05, 0.1) is 17.2 Å². The van der Waals surface area contributed by atoms with Crippen LogP contribution >= 0.6 is 0 Å². The van der Waals surface area contributed by atoms with Crippen LogP contribution in [-0.4, -0.2) is 19.1 Å². The van der Waals surface area contributed by atoms with E-state index in [1.807, 2.05) is 6.07 Å². The molecule has 0 fully saturated rings. The van der Waals surface area contributed by atoms with Crippen LogP contribution in [0.1, 0.15) is 5.56 Å². The van der Waals surface area contributed by atoms with Crippen molar-refractivity contribution < 1.29 is 18.0 Å². The quantitative estimate of drug-likeness (QED) is 0.663. The highest BCUT2D eigenvalue weighted by Gasteiger charge is 2.31. The van der Waals surface area contributed by atoms with E-state index in [1.165, 1.54) is 25.2 Å². The molecule has 0 radical (unpaired) electrons. The average Bonchev–Trinajstić information content (AvgIpc) is 2.44. The van der Waals surface area contributed by atoms with Gasteiger partial charge in [0.1, 0.15) is 5.70 Å². The van der Waals surface area contributed by atoms with E-state index in [0.717, 1.165) is 0 Å². The standard InChI is InChI=1S/C14H12F3N3O/c1-9(14(15,16)17)6-12(13(21)19-2)20-11-5-3-4-10(7-11)8-18/h3-7,20H,1H2,2H3,(H,19,21)/b12-6-. The second kappa shape index (κ2) is 6.61. The van der Waals surface area contributed by atoms with Crippen molar-refractivity contribution in [3.8, 4) is 6.07 Å². The van der Waals surface area contributed by atoms with Gasteiger partial charge < -0.3 is 10.6 Å². The zero-order valence-electron chi connectivity index (χ0n) is 11.1. The zero-order chi connectivity index (χ0) is 16.0. The SMILES string of the molecule is C=C(/C=C(\Nc1cccc(C#N)c1)C(=O)NC)C(F)(F)F. The number of anilines is 1. The summed E-state index contributed by atoms with van der Waals surface area (Å²) in [4.78, 5) is 11.6. The summed E-state index contributed by atoms with van der Waals surface area (Å²) in [6.07, 6.45) is -4.02. The fourth-order valence-electron chi connectivity index (χ4n) is 1.37. The van der Waals surface area contributed by atoms with E-state index in [2.05, 4.69) is 17.2 Å². The number of alkyl halides is 3. The molecule has 0 saturated heterocycles. The first-order valence-electron chi connectivity index (χ1n) is 5.75.